The van der Waals surface area contributed by atoms with Gasteiger partial charge in [-0.25, -0.2) is 0 Å². The van der Waals surface area contributed by atoms with E-state index in [2.05, 4.69) is 69.7 Å². The average Bonchev–Trinajstić information content (AvgIpc) is 2.62. The minimum Gasteiger partial charge on any atom is -0.383 e. The first-order chi connectivity index (χ1) is 11.7. The van der Waals surface area contributed by atoms with Gasteiger partial charge >= 0.3 is 0 Å². The minimum absolute atomic E-state index is 0.169. The molecule has 0 aromatic heterocycles. The van der Waals surface area contributed by atoms with E-state index in [1.165, 1.54) is 11.3 Å². The predicted octanol–water partition coefficient (Wildman–Crippen LogP) is 2.77. The van der Waals surface area contributed by atoms with Crippen molar-refractivity contribution < 1.29 is 0 Å². The molecule has 2 aromatic carbocycles. The van der Waals surface area contributed by atoms with Crippen molar-refractivity contribution in [3.05, 3.63) is 60.2 Å². The molecule has 0 spiro atoms. The zero-order chi connectivity index (χ0) is 16.8. The zero-order valence-corrected chi connectivity index (χ0v) is 14.5. The summed E-state index contributed by atoms with van der Waals surface area (Å²) in [6, 6.07) is 19.6. The molecule has 2 aromatic rings. The molecule has 1 unspecified atom stereocenters. The maximum atomic E-state index is 5.78. The van der Waals surface area contributed by atoms with E-state index in [0.29, 0.717) is 0 Å². The number of anilines is 2. The van der Waals surface area contributed by atoms with Gasteiger partial charge in [0.15, 0.2) is 0 Å². The summed E-state index contributed by atoms with van der Waals surface area (Å²) in [7, 11) is 0. The van der Waals surface area contributed by atoms with Crippen LogP contribution in [0.25, 0.3) is 0 Å². The number of nitrogens with zero attached hydrogens (tertiary/aromatic N) is 2. The summed E-state index contributed by atoms with van der Waals surface area (Å²) in [4.78, 5) is 5.00. The topological polar surface area (TPSA) is 44.5 Å². The molecule has 1 saturated heterocycles. The molecule has 3 rings (SSSR count). The highest BCUT2D eigenvalue weighted by atomic mass is 15.3. The van der Waals surface area contributed by atoms with Gasteiger partial charge < -0.3 is 16.0 Å². The monoisotopic (exact) mass is 324 g/mol. The lowest BCUT2D eigenvalue weighted by Crippen LogP contribution is -2.45. The van der Waals surface area contributed by atoms with Crippen molar-refractivity contribution in [2.24, 2.45) is 5.73 Å². The van der Waals surface area contributed by atoms with Crippen LogP contribution in [-0.4, -0.2) is 43.7 Å². The van der Waals surface area contributed by atoms with Crippen molar-refractivity contribution in [1.29, 1.82) is 0 Å². The molecule has 1 aliphatic rings. The lowest BCUT2D eigenvalue weighted by molar-refractivity contribution is 0.250. The SMILES string of the molecule is CC(N)CNc1ccc(N2CCN(Cc3ccccc3)CC2)cc1. The zero-order valence-electron chi connectivity index (χ0n) is 14.5. The maximum absolute atomic E-state index is 5.78. The quantitative estimate of drug-likeness (QED) is 0.858. The van der Waals surface area contributed by atoms with Crippen LogP contribution in [0.5, 0.6) is 0 Å². The van der Waals surface area contributed by atoms with Crippen LogP contribution in [0.1, 0.15) is 12.5 Å². The summed E-state index contributed by atoms with van der Waals surface area (Å²) in [5.41, 5.74) is 9.62. The molecule has 0 aliphatic carbocycles. The number of rotatable bonds is 6. The van der Waals surface area contributed by atoms with Crippen LogP contribution in [-0.2, 0) is 6.54 Å². The largest absolute Gasteiger partial charge is 0.383 e. The Morgan fingerprint density at radius 3 is 2.25 bits per heavy atom. The number of nitrogens with one attached hydrogen (secondary N) is 1. The van der Waals surface area contributed by atoms with Crippen LogP contribution in [0.4, 0.5) is 11.4 Å². The molecule has 0 bridgehead atoms. The second-order valence-electron chi connectivity index (χ2n) is 6.65. The molecular weight excluding hydrogens is 296 g/mol. The molecule has 4 nitrogen and oxygen atoms in total. The van der Waals surface area contributed by atoms with Gasteiger partial charge in [-0.3, -0.25) is 4.90 Å². The number of nitrogens with two attached hydrogens (primary N) is 1. The predicted molar refractivity (Wildman–Crippen MR) is 103 cm³/mol. The molecule has 0 radical (unpaired) electrons. The fourth-order valence-electron chi connectivity index (χ4n) is 3.07. The smallest absolute Gasteiger partial charge is 0.0368 e. The van der Waals surface area contributed by atoms with Crippen LogP contribution >= 0.6 is 0 Å². The first-order valence-corrected chi connectivity index (χ1v) is 8.81. The van der Waals surface area contributed by atoms with Crippen molar-refractivity contribution in [1.82, 2.24) is 4.90 Å². The van der Waals surface area contributed by atoms with Crippen molar-refractivity contribution in [3.63, 3.8) is 0 Å². The highest BCUT2D eigenvalue weighted by molar-refractivity contribution is 5.55. The van der Waals surface area contributed by atoms with Gasteiger partial charge in [0.2, 0.25) is 0 Å². The van der Waals surface area contributed by atoms with Gasteiger partial charge in [-0.05, 0) is 36.8 Å². The second kappa shape index (κ2) is 8.18. The van der Waals surface area contributed by atoms with Crippen LogP contribution in [0, 0.1) is 0 Å². The van der Waals surface area contributed by atoms with Gasteiger partial charge in [0, 0.05) is 56.7 Å². The average molecular weight is 324 g/mol. The van der Waals surface area contributed by atoms with Gasteiger partial charge in [-0.15, -0.1) is 0 Å². The van der Waals surface area contributed by atoms with Gasteiger partial charge in [0.1, 0.15) is 0 Å². The third-order valence-electron chi connectivity index (χ3n) is 4.48. The Morgan fingerprint density at radius 1 is 0.958 bits per heavy atom. The number of hydrogen-bond donors (Lipinski definition) is 2. The third kappa shape index (κ3) is 4.73. The Labute approximate surface area is 145 Å². The summed E-state index contributed by atoms with van der Waals surface area (Å²) >= 11 is 0. The first kappa shape index (κ1) is 16.8. The van der Waals surface area contributed by atoms with Crippen molar-refractivity contribution >= 4 is 11.4 Å². The Morgan fingerprint density at radius 2 is 1.62 bits per heavy atom. The normalized spacial score (nSPS) is 16.8. The number of benzene rings is 2. The molecule has 1 atom stereocenters. The summed E-state index contributed by atoms with van der Waals surface area (Å²) in [6.07, 6.45) is 0. The lowest BCUT2D eigenvalue weighted by Gasteiger charge is -2.36. The fraction of sp³-hybridized carbons (Fsp3) is 0.400. The van der Waals surface area contributed by atoms with Crippen LogP contribution < -0.4 is 16.0 Å². The van der Waals surface area contributed by atoms with Gasteiger partial charge in [0.05, 0.1) is 0 Å². The van der Waals surface area contributed by atoms with E-state index in [0.717, 1.165) is 45.0 Å². The molecule has 0 amide bonds. The van der Waals surface area contributed by atoms with Gasteiger partial charge in [-0.2, -0.15) is 0 Å². The molecular formula is C20H28N4. The summed E-state index contributed by atoms with van der Waals surface area (Å²) < 4.78 is 0. The highest BCUT2D eigenvalue weighted by Gasteiger charge is 2.17. The van der Waals surface area contributed by atoms with Gasteiger partial charge in [-0.1, -0.05) is 30.3 Å². The summed E-state index contributed by atoms with van der Waals surface area (Å²) in [6.45, 7) is 8.25. The van der Waals surface area contributed by atoms with Gasteiger partial charge in [0.25, 0.3) is 0 Å². The van der Waals surface area contributed by atoms with Crippen LogP contribution in [0.2, 0.25) is 0 Å². The van der Waals surface area contributed by atoms with Crippen molar-refractivity contribution in [3.8, 4) is 0 Å². The van der Waals surface area contributed by atoms with E-state index in [4.69, 9.17) is 5.73 Å². The minimum atomic E-state index is 0.169. The number of piperazine rings is 1. The summed E-state index contributed by atoms with van der Waals surface area (Å²) in [5.74, 6) is 0. The Bertz CT molecular complexity index is 601. The molecule has 4 heteroatoms. The molecule has 3 N–H and O–H groups in total. The number of hydrogen-bond acceptors (Lipinski definition) is 4. The standard InChI is InChI=1S/C20H28N4/c1-17(21)15-22-19-7-9-20(10-8-19)24-13-11-23(12-14-24)16-18-5-3-2-4-6-18/h2-10,17,22H,11-16,21H2,1H3. The summed E-state index contributed by atoms with van der Waals surface area (Å²) in [5, 5.41) is 3.36. The van der Waals surface area contributed by atoms with E-state index < -0.39 is 0 Å². The Balaban J connectivity index is 1.49. The van der Waals surface area contributed by atoms with E-state index in [-0.39, 0.29) is 6.04 Å². The van der Waals surface area contributed by atoms with E-state index in [1.807, 2.05) is 6.92 Å². The fourth-order valence-corrected chi connectivity index (χ4v) is 3.07. The molecule has 1 fully saturated rings. The Kier molecular flexibility index (Phi) is 5.72. The van der Waals surface area contributed by atoms with E-state index in [1.54, 1.807) is 0 Å². The molecule has 0 saturated carbocycles. The van der Waals surface area contributed by atoms with E-state index >= 15 is 0 Å². The second-order valence-corrected chi connectivity index (χ2v) is 6.65. The molecule has 24 heavy (non-hydrogen) atoms. The Hall–Kier alpha value is -2.04. The molecule has 128 valence electrons. The van der Waals surface area contributed by atoms with Crippen LogP contribution in [0.3, 0.4) is 0 Å². The molecule has 1 aliphatic heterocycles. The van der Waals surface area contributed by atoms with Crippen molar-refractivity contribution in [2.75, 3.05) is 42.9 Å². The highest BCUT2D eigenvalue weighted by Crippen LogP contribution is 2.20. The maximum Gasteiger partial charge on any atom is 0.0368 e. The van der Waals surface area contributed by atoms with E-state index in [9.17, 15) is 0 Å². The first-order valence-electron chi connectivity index (χ1n) is 8.81. The third-order valence-corrected chi connectivity index (χ3v) is 4.48. The molecule has 1 heterocycles. The van der Waals surface area contributed by atoms with Crippen LogP contribution in [0.15, 0.2) is 54.6 Å². The van der Waals surface area contributed by atoms with Crippen molar-refractivity contribution in [2.45, 2.75) is 19.5 Å². The lowest BCUT2D eigenvalue weighted by atomic mass is 10.2.